The lowest BCUT2D eigenvalue weighted by atomic mass is 9.98. The first-order valence-corrected chi connectivity index (χ1v) is 8.63. The number of hydrogen-bond acceptors (Lipinski definition) is 5. The molecular weight excluding hydrogens is 344 g/mol. The second kappa shape index (κ2) is 7.35. The first-order chi connectivity index (χ1) is 12.0. The predicted octanol–water partition coefficient (Wildman–Crippen LogP) is 3.18. The van der Waals surface area contributed by atoms with Crippen LogP contribution >= 0.6 is 11.6 Å². The van der Waals surface area contributed by atoms with Crippen LogP contribution in [0.4, 0.5) is 0 Å². The minimum atomic E-state index is -0.310. The summed E-state index contributed by atoms with van der Waals surface area (Å²) in [7, 11) is 0. The summed E-state index contributed by atoms with van der Waals surface area (Å²) in [5.74, 6) is 1.56. The monoisotopic (exact) mass is 364 g/mol. The van der Waals surface area contributed by atoms with Gasteiger partial charge in [0, 0.05) is 12.1 Å². The molecule has 1 amide bonds. The largest absolute Gasteiger partial charge is 0.486 e. The fourth-order valence-corrected chi connectivity index (χ4v) is 3.32. The standard InChI is InChI=1S/C18H21ClN2O4/c1-10(16-11(2)21-25-12(16)3)18(22)20-5-4-13-8-14(19)17-15(9-13)23-6-7-24-17/h8-10H,4-7H2,1-3H3,(H,20,22)/t10-/m0/s1. The molecule has 0 fully saturated rings. The van der Waals surface area contributed by atoms with Gasteiger partial charge in [-0.3, -0.25) is 4.79 Å². The molecule has 134 valence electrons. The zero-order valence-corrected chi connectivity index (χ0v) is 15.3. The van der Waals surface area contributed by atoms with Gasteiger partial charge >= 0.3 is 0 Å². The van der Waals surface area contributed by atoms with Gasteiger partial charge in [-0.25, -0.2) is 0 Å². The number of benzene rings is 1. The second-order valence-electron chi connectivity index (χ2n) is 6.10. The van der Waals surface area contributed by atoms with E-state index in [2.05, 4.69) is 10.5 Å². The van der Waals surface area contributed by atoms with E-state index in [0.29, 0.717) is 48.5 Å². The van der Waals surface area contributed by atoms with E-state index in [4.69, 9.17) is 25.6 Å². The molecule has 25 heavy (non-hydrogen) atoms. The summed E-state index contributed by atoms with van der Waals surface area (Å²) >= 11 is 6.23. The van der Waals surface area contributed by atoms with Gasteiger partial charge in [0.2, 0.25) is 5.91 Å². The molecule has 1 atom stereocenters. The molecule has 1 aliphatic rings. The SMILES string of the molecule is Cc1noc(C)c1[C@H](C)C(=O)NCCc1cc(Cl)c2c(c1)OCCO2. The molecule has 0 saturated heterocycles. The minimum Gasteiger partial charge on any atom is -0.486 e. The number of ether oxygens (including phenoxy) is 2. The first kappa shape index (κ1) is 17.6. The van der Waals surface area contributed by atoms with Crippen LogP contribution in [0.15, 0.2) is 16.7 Å². The van der Waals surface area contributed by atoms with Gasteiger partial charge in [0.05, 0.1) is 16.6 Å². The Morgan fingerprint density at radius 1 is 1.32 bits per heavy atom. The molecule has 2 heterocycles. The summed E-state index contributed by atoms with van der Waals surface area (Å²) < 4.78 is 16.2. The van der Waals surface area contributed by atoms with E-state index in [9.17, 15) is 4.79 Å². The van der Waals surface area contributed by atoms with Gasteiger partial charge in [-0.05, 0) is 44.9 Å². The Morgan fingerprint density at radius 2 is 2.08 bits per heavy atom. The molecule has 2 aromatic rings. The van der Waals surface area contributed by atoms with Crippen molar-refractivity contribution in [3.05, 3.63) is 39.7 Å². The van der Waals surface area contributed by atoms with E-state index in [1.54, 1.807) is 0 Å². The van der Waals surface area contributed by atoms with Crippen LogP contribution in [0, 0.1) is 13.8 Å². The van der Waals surface area contributed by atoms with Crippen molar-refractivity contribution >= 4 is 17.5 Å². The van der Waals surface area contributed by atoms with E-state index in [0.717, 1.165) is 16.8 Å². The Bertz CT molecular complexity index is 768. The summed E-state index contributed by atoms with van der Waals surface area (Å²) in [6.07, 6.45) is 0.649. The van der Waals surface area contributed by atoms with Crippen molar-refractivity contribution in [1.29, 1.82) is 0 Å². The quantitative estimate of drug-likeness (QED) is 0.882. The molecule has 1 N–H and O–H groups in total. The summed E-state index contributed by atoms with van der Waals surface area (Å²) in [5, 5.41) is 7.38. The Balaban J connectivity index is 1.59. The Hall–Kier alpha value is -2.21. The molecule has 7 heteroatoms. The smallest absolute Gasteiger partial charge is 0.227 e. The lowest BCUT2D eigenvalue weighted by Gasteiger charge is -2.20. The van der Waals surface area contributed by atoms with Gasteiger partial charge in [0.25, 0.3) is 0 Å². The number of fused-ring (bicyclic) bond motifs is 1. The van der Waals surface area contributed by atoms with Crippen LogP contribution in [0.5, 0.6) is 11.5 Å². The molecule has 0 bridgehead atoms. The molecule has 0 aliphatic carbocycles. The summed E-state index contributed by atoms with van der Waals surface area (Å²) in [5.41, 5.74) is 2.58. The predicted molar refractivity (Wildman–Crippen MR) is 93.5 cm³/mol. The van der Waals surface area contributed by atoms with Gasteiger partial charge < -0.3 is 19.3 Å². The lowest BCUT2D eigenvalue weighted by Crippen LogP contribution is -2.30. The molecule has 0 unspecified atom stereocenters. The molecule has 6 nitrogen and oxygen atoms in total. The highest BCUT2D eigenvalue weighted by Crippen LogP contribution is 2.38. The zero-order valence-electron chi connectivity index (χ0n) is 14.5. The van der Waals surface area contributed by atoms with E-state index >= 15 is 0 Å². The van der Waals surface area contributed by atoms with Crippen LogP contribution in [-0.4, -0.2) is 30.8 Å². The fourth-order valence-electron chi connectivity index (χ4n) is 3.03. The van der Waals surface area contributed by atoms with E-state index in [-0.39, 0.29) is 11.8 Å². The third kappa shape index (κ3) is 3.74. The van der Waals surface area contributed by atoms with Crippen molar-refractivity contribution in [1.82, 2.24) is 10.5 Å². The van der Waals surface area contributed by atoms with Crippen LogP contribution in [-0.2, 0) is 11.2 Å². The highest BCUT2D eigenvalue weighted by atomic mass is 35.5. The highest BCUT2D eigenvalue weighted by Gasteiger charge is 2.22. The van der Waals surface area contributed by atoms with Crippen molar-refractivity contribution in [2.24, 2.45) is 0 Å². The number of hydrogen-bond donors (Lipinski definition) is 1. The Kier molecular flexibility index (Phi) is 5.18. The van der Waals surface area contributed by atoms with Crippen LogP contribution in [0.1, 0.15) is 35.4 Å². The Morgan fingerprint density at radius 3 is 2.80 bits per heavy atom. The number of carbonyl (C=O) groups excluding carboxylic acids is 1. The Labute approximate surface area is 151 Å². The fraction of sp³-hybridized carbons (Fsp3) is 0.444. The third-order valence-electron chi connectivity index (χ3n) is 4.28. The van der Waals surface area contributed by atoms with Crippen molar-refractivity contribution < 1.29 is 18.8 Å². The second-order valence-corrected chi connectivity index (χ2v) is 6.51. The number of rotatable bonds is 5. The van der Waals surface area contributed by atoms with Gasteiger partial charge in [-0.2, -0.15) is 0 Å². The van der Waals surface area contributed by atoms with Crippen molar-refractivity contribution in [2.75, 3.05) is 19.8 Å². The number of carbonyl (C=O) groups is 1. The molecular formula is C18H21ClN2O4. The van der Waals surface area contributed by atoms with Gasteiger partial charge in [0.1, 0.15) is 19.0 Å². The lowest BCUT2D eigenvalue weighted by molar-refractivity contribution is -0.122. The van der Waals surface area contributed by atoms with E-state index < -0.39 is 0 Å². The van der Waals surface area contributed by atoms with Gasteiger partial charge in [-0.1, -0.05) is 16.8 Å². The molecule has 0 spiro atoms. The molecule has 1 aromatic heterocycles. The highest BCUT2D eigenvalue weighted by molar-refractivity contribution is 6.32. The van der Waals surface area contributed by atoms with Crippen molar-refractivity contribution in [3.63, 3.8) is 0 Å². The maximum atomic E-state index is 12.4. The normalized spacial score (nSPS) is 14.2. The topological polar surface area (TPSA) is 73.6 Å². The van der Waals surface area contributed by atoms with Gasteiger partial charge in [0.15, 0.2) is 11.5 Å². The molecule has 1 aliphatic heterocycles. The maximum Gasteiger partial charge on any atom is 0.227 e. The van der Waals surface area contributed by atoms with Crippen LogP contribution in [0.25, 0.3) is 0 Å². The van der Waals surface area contributed by atoms with Crippen LogP contribution in [0.3, 0.4) is 0 Å². The van der Waals surface area contributed by atoms with Gasteiger partial charge in [-0.15, -0.1) is 0 Å². The van der Waals surface area contributed by atoms with Crippen molar-refractivity contribution in [2.45, 2.75) is 33.1 Å². The average Bonchev–Trinajstić information content (AvgIpc) is 2.93. The number of amides is 1. The van der Waals surface area contributed by atoms with Crippen molar-refractivity contribution in [3.8, 4) is 11.5 Å². The molecule has 3 rings (SSSR count). The summed E-state index contributed by atoms with van der Waals surface area (Å²) in [4.78, 5) is 12.4. The number of nitrogens with one attached hydrogen (secondary N) is 1. The summed E-state index contributed by atoms with van der Waals surface area (Å²) in [6.45, 7) is 7.02. The third-order valence-corrected chi connectivity index (χ3v) is 4.57. The number of halogens is 1. The van der Waals surface area contributed by atoms with E-state index in [1.165, 1.54) is 0 Å². The summed E-state index contributed by atoms with van der Waals surface area (Å²) in [6, 6.07) is 3.75. The number of aryl methyl sites for hydroxylation is 2. The van der Waals surface area contributed by atoms with Crippen LogP contribution < -0.4 is 14.8 Å². The number of aromatic nitrogens is 1. The molecule has 1 aromatic carbocycles. The zero-order chi connectivity index (χ0) is 18.0. The minimum absolute atomic E-state index is 0.0574. The number of nitrogens with zero attached hydrogens (tertiary/aromatic N) is 1. The average molecular weight is 365 g/mol. The molecule has 0 saturated carbocycles. The van der Waals surface area contributed by atoms with Crippen LogP contribution in [0.2, 0.25) is 5.02 Å². The maximum absolute atomic E-state index is 12.4. The first-order valence-electron chi connectivity index (χ1n) is 8.26. The molecule has 0 radical (unpaired) electrons. The van der Waals surface area contributed by atoms with E-state index in [1.807, 2.05) is 32.9 Å².